The number of anilines is 1. The molecule has 1 aliphatic rings. The SMILES string of the molecule is C[C@H](OC(=O)c1cc(Cl)cc(Cl)c1)C(=O)Nc1ccc2c(c1)OCCO2. The number of benzene rings is 2. The van der Waals surface area contributed by atoms with Gasteiger partial charge in [-0.15, -0.1) is 0 Å². The Balaban J connectivity index is 1.63. The second-order valence-electron chi connectivity index (χ2n) is 5.55. The van der Waals surface area contributed by atoms with E-state index in [0.29, 0.717) is 40.4 Å². The Morgan fingerprint density at radius 3 is 2.38 bits per heavy atom. The fourth-order valence-corrected chi connectivity index (χ4v) is 2.84. The van der Waals surface area contributed by atoms with E-state index in [0.717, 1.165) is 0 Å². The van der Waals surface area contributed by atoms with Gasteiger partial charge < -0.3 is 19.5 Å². The van der Waals surface area contributed by atoms with Crippen LogP contribution in [-0.2, 0) is 9.53 Å². The molecule has 1 atom stereocenters. The van der Waals surface area contributed by atoms with Crippen LogP contribution in [0.25, 0.3) is 0 Å². The zero-order valence-electron chi connectivity index (χ0n) is 13.8. The highest BCUT2D eigenvalue weighted by atomic mass is 35.5. The first-order valence-corrected chi connectivity index (χ1v) is 8.55. The number of nitrogens with one attached hydrogen (secondary N) is 1. The van der Waals surface area contributed by atoms with Crippen molar-refractivity contribution < 1.29 is 23.8 Å². The van der Waals surface area contributed by atoms with E-state index < -0.39 is 18.0 Å². The van der Waals surface area contributed by atoms with Crippen LogP contribution in [0.3, 0.4) is 0 Å². The third kappa shape index (κ3) is 4.39. The van der Waals surface area contributed by atoms with Gasteiger partial charge in [0.15, 0.2) is 17.6 Å². The zero-order chi connectivity index (χ0) is 18.7. The molecule has 1 aliphatic heterocycles. The Bertz CT molecular complexity index is 835. The Morgan fingerprint density at radius 1 is 1.04 bits per heavy atom. The van der Waals surface area contributed by atoms with Crippen LogP contribution in [0.4, 0.5) is 5.69 Å². The number of amides is 1. The van der Waals surface area contributed by atoms with E-state index in [1.165, 1.54) is 25.1 Å². The predicted molar refractivity (Wildman–Crippen MR) is 97.4 cm³/mol. The maximum Gasteiger partial charge on any atom is 0.339 e. The number of hydrogen-bond donors (Lipinski definition) is 1. The molecule has 0 radical (unpaired) electrons. The van der Waals surface area contributed by atoms with Gasteiger partial charge >= 0.3 is 5.97 Å². The molecule has 136 valence electrons. The van der Waals surface area contributed by atoms with Crippen LogP contribution >= 0.6 is 23.2 Å². The average Bonchev–Trinajstić information content (AvgIpc) is 2.60. The van der Waals surface area contributed by atoms with Crippen molar-refractivity contribution in [3.05, 3.63) is 52.0 Å². The van der Waals surface area contributed by atoms with Crippen LogP contribution in [0.5, 0.6) is 11.5 Å². The highest BCUT2D eigenvalue weighted by Gasteiger charge is 2.20. The number of esters is 1. The summed E-state index contributed by atoms with van der Waals surface area (Å²) in [5, 5.41) is 3.27. The number of fused-ring (bicyclic) bond motifs is 1. The van der Waals surface area contributed by atoms with Crippen LogP contribution in [0.2, 0.25) is 10.0 Å². The molecular weight excluding hydrogens is 381 g/mol. The van der Waals surface area contributed by atoms with Gasteiger partial charge in [-0.2, -0.15) is 0 Å². The molecule has 0 aromatic heterocycles. The largest absolute Gasteiger partial charge is 0.486 e. The van der Waals surface area contributed by atoms with E-state index in [1.807, 2.05) is 0 Å². The normalized spacial score (nSPS) is 13.7. The van der Waals surface area contributed by atoms with Crippen molar-refractivity contribution in [3.8, 4) is 11.5 Å². The predicted octanol–water partition coefficient (Wildman–Crippen LogP) is 3.95. The molecule has 1 N–H and O–H groups in total. The molecule has 0 bridgehead atoms. The molecule has 26 heavy (non-hydrogen) atoms. The van der Waals surface area contributed by atoms with Gasteiger partial charge in [-0.05, 0) is 37.3 Å². The number of carbonyl (C=O) groups is 2. The molecule has 2 aromatic carbocycles. The lowest BCUT2D eigenvalue weighted by atomic mass is 10.2. The van der Waals surface area contributed by atoms with Gasteiger partial charge in [-0.3, -0.25) is 4.79 Å². The lowest BCUT2D eigenvalue weighted by Gasteiger charge is -2.19. The minimum absolute atomic E-state index is 0.168. The Labute approximate surface area is 159 Å². The van der Waals surface area contributed by atoms with E-state index in [-0.39, 0.29) is 5.56 Å². The molecule has 1 heterocycles. The number of halogens is 2. The molecule has 0 saturated carbocycles. The van der Waals surface area contributed by atoms with E-state index >= 15 is 0 Å². The van der Waals surface area contributed by atoms with Gasteiger partial charge in [0.25, 0.3) is 5.91 Å². The monoisotopic (exact) mass is 395 g/mol. The van der Waals surface area contributed by atoms with Crippen LogP contribution in [-0.4, -0.2) is 31.2 Å². The summed E-state index contributed by atoms with van der Waals surface area (Å²) < 4.78 is 16.1. The quantitative estimate of drug-likeness (QED) is 0.793. The highest BCUT2D eigenvalue weighted by Crippen LogP contribution is 2.32. The minimum Gasteiger partial charge on any atom is -0.486 e. The van der Waals surface area contributed by atoms with Crippen molar-refractivity contribution in [3.63, 3.8) is 0 Å². The molecular formula is C18H15Cl2NO5. The van der Waals surface area contributed by atoms with Crippen molar-refractivity contribution in [1.82, 2.24) is 0 Å². The first-order chi connectivity index (χ1) is 12.4. The molecule has 8 heteroatoms. The molecule has 0 saturated heterocycles. The minimum atomic E-state index is -1.02. The molecule has 0 unspecified atom stereocenters. The maximum absolute atomic E-state index is 12.3. The summed E-state index contributed by atoms with van der Waals surface area (Å²) in [6.45, 7) is 2.40. The fourth-order valence-electron chi connectivity index (χ4n) is 2.32. The van der Waals surface area contributed by atoms with Gasteiger partial charge in [-0.25, -0.2) is 4.79 Å². The Hall–Kier alpha value is -2.44. The Kier molecular flexibility index (Phi) is 5.54. The van der Waals surface area contributed by atoms with Crippen molar-refractivity contribution in [2.75, 3.05) is 18.5 Å². The second kappa shape index (κ2) is 7.85. The Morgan fingerprint density at radius 2 is 1.69 bits per heavy atom. The molecule has 0 fully saturated rings. The molecule has 3 rings (SSSR count). The van der Waals surface area contributed by atoms with Crippen LogP contribution in [0.1, 0.15) is 17.3 Å². The molecule has 0 spiro atoms. The summed E-state index contributed by atoms with van der Waals surface area (Å²) >= 11 is 11.7. The third-order valence-electron chi connectivity index (χ3n) is 3.56. The van der Waals surface area contributed by atoms with Crippen LogP contribution < -0.4 is 14.8 Å². The summed E-state index contributed by atoms with van der Waals surface area (Å²) in [7, 11) is 0. The summed E-state index contributed by atoms with van der Waals surface area (Å²) in [6.07, 6.45) is -1.02. The fraction of sp³-hybridized carbons (Fsp3) is 0.222. The molecule has 1 amide bonds. The maximum atomic E-state index is 12.3. The third-order valence-corrected chi connectivity index (χ3v) is 4.00. The average molecular weight is 396 g/mol. The van der Waals surface area contributed by atoms with Gasteiger partial charge in [0.1, 0.15) is 13.2 Å². The number of carbonyl (C=O) groups excluding carboxylic acids is 2. The summed E-state index contributed by atoms with van der Waals surface area (Å²) in [5.74, 6) is -0.0128. The van der Waals surface area contributed by atoms with Gasteiger partial charge in [-0.1, -0.05) is 23.2 Å². The first-order valence-electron chi connectivity index (χ1n) is 7.80. The number of rotatable bonds is 4. The van der Waals surface area contributed by atoms with Crippen molar-refractivity contribution in [1.29, 1.82) is 0 Å². The standard InChI is InChI=1S/C18H15Cl2NO5/c1-10(26-18(23)11-6-12(19)8-13(20)7-11)17(22)21-14-2-3-15-16(9-14)25-5-4-24-15/h2-3,6-10H,4-5H2,1H3,(H,21,22)/t10-/m0/s1. The van der Waals surface area contributed by atoms with Crippen molar-refractivity contribution >= 4 is 40.8 Å². The smallest absolute Gasteiger partial charge is 0.339 e. The first kappa shape index (κ1) is 18.4. The molecule has 0 aliphatic carbocycles. The van der Waals surface area contributed by atoms with Gasteiger partial charge in [0.05, 0.1) is 5.56 Å². The van der Waals surface area contributed by atoms with Crippen molar-refractivity contribution in [2.24, 2.45) is 0 Å². The zero-order valence-corrected chi connectivity index (χ0v) is 15.3. The summed E-state index contributed by atoms with van der Waals surface area (Å²) in [5.41, 5.74) is 0.675. The van der Waals surface area contributed by atoms with E-state index in [4.69, 9.17) is 37.4 Å². The van der Waals surface area contributed by atoms with Gasteiger partial charge in [0.2, 0.25) is 0 Å². The summed E-state index contributed by atoms with van der Waals surface area (Å²) in [6, 6.07) is 9.36. The van der Waals surface area contributed by atoms with E-state index in [1.54, 1.807) is 18.2 Å². The second-order valence-corrected chi connectivity index (χ2v) is 6.43. The molecule has 6 nitrogen and oxygen atoms in total. The van der Waals surface area contributed by atoms with E-state index in [9.17, 15) is 9.59 Å². The van der Waals surface area contributed by atoms with Crippen LogP contribution in [0, 0.1) is 0 Å². The van der Waals surface area contributed by atoms with Crippen molar-refractivity contribution in [2.45, 2.75) is 13.0 Å². The lowest BCUT2D eigenvalue weighted by Crippen LogP contribution is -2.30. The van der Waals surface area contributed by atoms with E-state index in [2.05, 4.69) is 5.32 Å². The lowest BCUT2D eigenvalue weighted by molar-refractivity contribution is -0.123. The number of ether oxygens (including phenoxy) is 3. The number of hydrogen-bond acceptors (Lipinski definition) is 5. The van der Waals surface area contributed by atoms with Crippen LogP contribution in [0.15, 0.2) is 36.4 Å². The summed E-state index contributed by atoms with van der Waals surface area (Å²) in [4.78, 5) is 24.4. The highest BCUT2D eigenvalue weighted by molar-refractivity contribution is 6.35. The molecule has 2 aromatic rings. The van der Waals surface area contributed by atoms with Gasteiger partial charge in [0, 0.05) is 21.8 Å². The topological polar surface area (TPSA) is 73.9 Å².